The molecular weight excluding hydrogens is 479 g/mol. The Hall–Kier alpha value is -3.00. The van der Waals surface area contributed by atoms with Gasteiger partial charge >= 0.3 is 5.97 Å². The predicted molar refractivity (Wildman–Crippen MR) is 132 cm³/mol. The molecule has 0 unspecified atom stereocenters. The first kappa shape index (κ1) is 23.7. The first-order valence-corrected chi connectivity index (χ1v) is 12.2. The monoisotopic (exact) mass is 502 g/mol. The highest BCUT2D eigenvalue weighted by molar-refractivity contribution is 7.95. The second kappa shape index (κ2) is 11.0. The molecule has 0 saturated heterocycles. The lowest BCUT2D eigenvalue weighted by Crippen LogP contribution is -3.00. The summed E-state index contributed by atoms with van der Waals surface area (Å²) in [4.78, 5) is 10.8. The third-order valence-corrected chi connectivity index (χ3v) is 9.79. The first-order valence-electron chi connectivity index (χ1n) is 10.2. The maximum atomic E-state index is 10.8. The van der Waals surface area contributed by atoms with Gasteiger partial charge in [0.05, 0.1) is 6.16 Å². The van der Waals surface area contributed by atoms with E-state index in [-0.39, 0.29) is 17.0 Å². The van der Waals surface area contributed by atoms with Crippen molar-refractivity contribution in [2.75, 3.05) is 0 Å². The summed E-state index contributed by atoms with van der Waals surface area (Å²) < 4.78 is 0. The second-order valence-corrected chi connectivity index (χ2v) is 10.9. The maximum absolute atomic E-state index is 10.8. The molecule has 4 aromatic rings. The van der Waals surface area contributed by atoms with E-state index in [1.165, 1.54) is 27.6 Å². The van der Waals surface area contributed by atoms with E-state index in [1.807, 2.05) is 12.1 Å². The minimum atomic E-state index is -1.93. The fourth-order valence-electron chi connectivity index (χ4n) is 3.94. The number of rotatable bonds is 7. The largest absolute Gasteiger partial charge is 1.00 e. The van der Waals surface area contributed by atoms with Gasteiger partial charge in [0.2, 0.25) is 0 Å². The lowest BCUT2D eigenvalue weighted by Gasteiger charge is -2.27. The van der Waals surface area contributed by atoms with Gasteiger partial charge in [-0.2, -0.15) is 0 Å². The van der Waals surface area contributed by atoms with Gasteiger partial charge in [0.1, 0.15) is 23.2 Å². The van der Waals surface area contributed by atoms with E-state index in [9.17, 15) is 4.79 Å². The molecule has 4 aromatic carbocycles. The molecule has 0 amide bonds. The highest BCUT2D eigenvalue weighted by Crippen LogP contribution is 2.58. The molecule has 32 heavy (non-hydrogen) atoms. The molecule has 0 spiro atoms. The zero-order chi connectivity index (χ0) is 21.5. The third-order valence-electron chi connectivity index (χ3n) is 5.41. The molecule has 0 saturated carbocycles. The summed E-state index contributed by atoms with van der Waals surface area (Å²) in [6.07, 6.45) is 3.69. The summed E-state index contributed by atoms with van der Waals surface area (Å²) >= 11 is 0. The molecular formula is C28H24BrO2P. The van der Waals surface area contributed by atoms with Crippen LogP contribution in [0.1, 0.15) is 11.1 Å². The van der Waals surface area contributed by atoms with E-state index in [1.54, 1.807) is 6.08 Å². The Bertz CT molecular complexity index is 1060. The number of halogens is 1. The zero-order valence-corrected chi connectivity index (χ0v) is 20.0. The van der Waals surface area contributed by atoms with Crippen molar-refractivity contribution < 1.29 is 26.9 Å². The van der Waals surface area contributed by atoms with E-state index in [0.717, 1.165) is 11.7 Å². The van der Waals surface area contributed by atoms with Crippen LogP contribution in [0.5, 0.6) is 0 Å². The molecule has 0 bridgehead atoms. The zero-order valence-electron chi connectivity index (χ0n) is 17.5. The Morgan fingerprint density at radius 3 is 1.44 bits per heavy atom. The third kappa shape index (κ3) is 5.24. The highest BCUT2D eigenvalue weighted by Gasteiger charge is 2.45. The number of carboxylic acid groups (broad SMARTS) is 1. The van der Waals surface area contributed by atoms with Crippen molar-refractivity contribution in [1.29, 1.82) is 0 Å². The smallest absolute Gasteiger partial charge is 0.328 e. The Morgan fingerprint density at radius 1 is 0.656 bits per heavy atom. The Kier molecular flexibility index (Phi) is 8.16. The molecule has 0 fully saturated rings. The van der Waals surface area contributed by atoms with Crippen molar-refractivity contribution in [3.05, 3.63) is 132 Å². The number of hydrogen-bond acceptors (Lipinski definition) is 1. The molecule has 0 aliphatic carbocycles. The van der Waals surface area contributed by atoms with E-state index >= 15 is 0 Å². The topological polar surface area (TPSA) is 37.3 Å². The van der Waals surface area contributed by atoms with Gasteiger partial charge in [-0.3, -0.25) is 0 Å². The van der Waals surface area contributed by atoms with Crippen LogP contribution in [-0.4, -0.2) is 11.1 Å². The minimum Gasteiger partial charge on any atom is -1.00 e. The number of carboxylic acids is 1. The molecule has 160 valence electrons. The Labute approximate surface area is 200 Å². The number of hydrogen-bond donors (Lipinski definition) is 1. The van der Waals surface area contributed by atoms with Crippen LogP contribution < -0.4 is 32.9 Å². The van der Waals surface area contributed by atoms with Crippen LogP contribution in [-0.2, 0) is 11.0 Å². The van der Waals surface area contributed by atoms with Gasteiger partial charge in [0.15, 0.2) is 0 Å². The molecule has 0 radical (unpaired) electrons. The Morgan fingerprint density at radius 2 is 1.06 bits per heavy atom. The average molecular weight is 503 g/mol. The summed E-state index contributed by atoms with van der Waals surface area (Å²) in [5.41, 5.74) is 2.12. The van der Waals surface area contributed by atoms with Crippen LogP contribution in [0.2, 0.25) is 0 Å². The van der Waals surface area contributed by atoms with E-state index < -0.39 is 13.2 Å². The van der Waals surface area contributed by atoms with E-state index in [4.69, 9.17) is 5.11 Å². The van der Waals surface area contributed by atoms with Gasteiger partial charge in [-0.15, -0.1) is 0 Å². The molecule has 0 aliphatic heterocycles. The standard InChI is InChI=1S/C28H23O2P.BrH/c29-28(30)21-20-23-16-18-24(19-17-23)22-31(25-10-4-1-5-11-25,26-12-6-2-7-13-26)27-14-8-3-9-15-27;/h1-21H,22H2;1H/b21-20+;. The van der Waals surface area contributed by atoms with Crippen molar-refractivity contribution in [3.8, 4) is 0 Å². The van der Waals surface area contributed by atoms with Gasteiger partial charge in [-0.1, -0.05) is 78.9 Å². The van der Waals surface area contributed by atoms with Crippen molar-refractivity contribution in [2.24, 2.45) is 0 Å². The van der Waals surface area contributed by atoms with E-state index in [0.29, 0.717) is 0 Å². The average Bonchev–Trinajstić information content (AvgIpc) is 2.83. The molecule has 4 heteroatoms. The van der Waals surface area contributed by atoms with Gasteiger partial charge in [-0.05, 0) is 53.6 Å². The van der Waals surface area contributed by atoms with Crippen molar-refractivity contribution in [2.45, 2.75) is 6.16 Å². The van der Waals surface area contributed by atoms with E-state index in [2.05, 4.69) is 103 Å². The lowest BCUT2D eigenvalue weighted by atomic mass is 10.1. The molecule has 1 N–H and O–H groups in total. The van der Waals surface area contributed by atoms with Gasteiger partial charge in [-0.25, -0.2) is 4.79 Å². The lowest BCUT2D eigenvalue weighted by molar-refractivity contribution is -0.131. The summed E-state index contributed by atoms with van der Waals surface area (Å²) in [5, 5.41) is 12.9. The highest BCUT2D eigenvalue weighted by atomic mass is 79.9. The van der Waals surface area contributed by atoms with Gasteiger partial charge in [0.25, 0.3) is 0 Å². The fourth-order valence-corrected chi connectivity index (χ4v) is 8.19. The molecule has 0 atom stereocenters. The number of aliphatic carboxylic acids is 1. The van der Waals surface area contributed by atoms with Crippen molar-refractivity contribution in [3.63, 3.8) is 0 Å². The SMILES string of the molecule is O=C(O)/C=C/c1ccc(C[P+](c2ccccc2)(c2ccccc2)c2ccccc2)cc1.[Br-]. The fraction of sp³-hybridized carbons (Fsp3) is 0.0357. The Balaban J connectivity index is 0.00000289. The van der Waals surface area contributed by atoms with Crippen LogP contribution >= 0.6 is 7.26 Å². The second-order valence-electron chi connectivity index (χ2n) is 7.39. The quantitative estimate of drug-likeness (QED) is 0.311. The predicted octanol–water partition coefficient (Wildman–Crippen LogP) is 2.28. The molecule has 4 rings (SSSR count). The summed E-state index contributed by atoms with van der Waals surface area (Å²) in [6.45, 7) is 0. The van der Waals surface area contributed by atoms with Crippen molar-refractivity contribution >= 4 is 35.2 Å². The molecule has 0 aliphatic rings. The van der Waals surface area contributed by atoms with Gasteiger partial charge in [0, 0.05) is 6.08 Å². The summed E-state index contributed by atoms with van der Waals surface area (Å²) in [7, 11) is -1.93. The van der Waals surface area contributed by atoms with Gasteiger partial charge < -0.3 is 22.1 Å². The van der Waals surface area contributed by atoms with Crippen LogP contribution in [0.25, 0.3) is 6.08 Å². The summed E-state index contributed by atoms with van der Waals surface area (Å²) in [5.74, 6) is -0.939. The van der Waals surface area contributed by atoms with Crippen LogP contribution in [0.15, 0.2) is 121 Å². The van der Waals surface area contributed by atoms with Crippen LogP contribution in [0.4, 0.5) is 0 Å². The molecule has 2 nitrogen and oxygen atoms in total. The maximum Gasteiger partial charge on any atom is 0.328 e. The molecule has 0 aromatic heterocycles. The van der Waals surface area contributed by atoms with Crippen LogP contribution in [0, 0.1) is 0 Å². The first-order chi connectivity index (χ1) is 15.2. The van der Waals surface area contributed by atoms with Crippen LogP contribution in [0.3, 0.4) is 0 Å². The number of carbonyl (C=O) groups is 1. The summed E-state index contributed by atoms with van der Waals surface area (Å²) in [6, 6.07) is 40.6. The van der Waals surface area contributed by atoms with Crippen molar-refractivity contribution in [1.82, 2.24) is 0 Å². The normalized spacial score (nSPS) is 11.1. The number of benzene rings is 4. The molecule has 0 heterocycles. The minimum absolute atomic E-state index is 0.